The minimum absolute atomic E-state index is 0.106. The summed E-state index contributed by atoms with van der Waals surface area (Å²) in [5, 5.41) is 10.6. The average molecular weight is 1470 g/mol. The molecule has 0 saturated heterocycles. The minimum atomic E-state index is -4.96. The molecule has 17 nitrogen and oxygen atoms in total. The molecule has 0 saturated carbocycles. The van der Waals surface area contributed by atoms with E-state index in [0.717, 1.165) is 95.8 Å². The molecule has 0 fully saturated rings. The van der Waals surface area contributed by atoms with Crippen molar-refractivity contribution < 1.29 is 80.2 Å². The van der Waals surface area contributed by atoms with Gasteiger partial charge in [0.2, 0.25) is 0 Å². The molecule has 3 N–H and O–H groups in total. The van der Waals surface area contributed by atoms with Crippen LogP contribution >= 0.6 is 15.6 Å². The highest BCUT2D eigenvalue weighted by Crippen LogP contribution is 2.45. The molecule has 19 heteroatoms. The number of hydrogen-bond acceptors (Lipinski definition) is 15. The van der Waals surface area contributed by atoms with Crippen LogP contribution in [0, 0.1) is 5.92 Å². The Balaban J connectivity index is 5.21. The Morgan fingerprint density at radius 2 is 0.460 bits per heavy atom. The van der Waals surface area contributed by atoms with Gasteiger partial charge in [-0.05, 0) is 31.6 Å². The van der Waals surface area contributed by atoms with Crippen LogP contribution in [0.15, 0.2) is 0 Å². The quantitative estimate of drug-likeness (QED) is 0.0222. The lowest BCUT2D eigenvalue weighted by atomic mass is 10.0. The largest absolute Gasteiger partial charge is 0.472 e. The van der Waals surface area contributed by atoms with Crippen LogP contribution in [0.5, 0.6) is 0 Å². The van der Waals surface area contributed by atoms with Gasteiger partial charge >= 0.3 is 39.5 Å². The summed E-state index contributed by atoms with van der Waals surface area (Å²) in [6.07, 6.45) is 65.3. The van der Waals surface area contributed by atoms with Crippen LogP contribution in [-0.2, 0) is 65.4 Å². The Kier molecular flexibility index (Phi) is 72.5. The van der Waals surface area contributed by atoms with Crippen LogP contribution in [0.1, 0.15) is 433 Å². The van der Waals surface area contributed by atoms with E-state index in [0.29, 0.717) is 25.7 Å². The Labute approximate surface area is 613 Å². The van der Waals surface area contributed by atoms with Gasteiger partial charge in [-0.25, -0.2) is 9.13 Å². The first-order valence-electron chi connectivity index (χ1n) is 42.1. The van der Waals surface area contributed by atoms with Crippen molar-refractivity contribution in [1.29, 1.82) is 0 Å². The normalized spacial score (nSPS) is 13.8. The zero-order chi connectivity index (χ0) is 73.4. The molecular weight excluding hydrogens is 1310 g/mol. The highest BCUT2D eigenvalue weighted by atomic mass is 31.2. The van der Waals surface area contributed by atoms with Gasteiger partial charge in [0.05, 0.1) is 26.4 Å². The number of unbranched alkanes of at least 4 members (excludes halogenated alkanes) is 53. The maximum atomic E-state index is 13.1. The Morgan fingerprint density at radius 1 is 0.270 bits per heavy atom. The van der Waals surface area contributed by atoms with Crippen molar-refractivity contribution in [1.82, 2.24) is 0 Å². The summed E-state index contributed by atoms with van der Waals surface area (Å²) in [6, 6.07) is 0. The molecule has 0 amide bonds. The van der Waals surface area contributed by atoms with E-state index in [9.17, 15) is 43.2 Å². The van der Waals surface area contributed by atoms with Gasteiger partial charge in [0.25, 0.3) is 0 Å². The standard InChI is InChI=1S/C81H158O17P2/c1-6-9-12-15-18-21-24-26-28-30-31-32-33-35-37-39-41-46-51-56-61-66-80(85)97-76(71-92-79(84)65-60-55-50-45-40-38-36-34-29-27-25-22-19-16-13-10-7-2)72-95-99(87,88)93-68-75(82)69-94-100(89,90)96-73-77(70-91-78(83)64-59-54-49-44-23-20-17-14-11-8-3)98-81(86)67-62-57-52-47-42-43-48-53-58-63-74(4)5/h74-77,82H,6-73H2,1-5H3,(H,87,88)(H,89,90)/t75-,76-,77-/m1/s1. The number of phosphoric acid groups is 2. The van der Waals surface area contributed by atoms with E-state index >= 15 is 0 Å². The molecule has 0 aliphatic carbocycles. The number of carbonyl (C=O) groups excluding carboxylic acids is 4. The summed E-state index contributed by atoms with van der Waals surface area (Å²) >= 11 is 0. The molecule has 0 spiro atoms. The third-order valence-electron chi connectivity index (χ3n) is 19.0. The van der Waals surface area contributed by atoms with Crippen molar-refractivity contribution in [3.63, 3.8) is 0 Å². The van der Waals surface area contributed by atoms with Crippen LogP contribution in [-0.4, -0.2) is 96.7 Å². The maximum Gasteiger partial charge on any atom is 0.472 e. The fraction of sp³-hybridized carbons (Fsp3) is 0.951. The van der Waals surface area contributed by atoms with E-state index in [2.05, 4.69) is 34.6 Å². The maximum absolute atomic E-state index is 13.1. The molecule has 5 atom stereocenters. The number of carbonyl (C=O) groups is 4. The molecule has 100 heavy (non-hydrogen) atoms. The first-order chi connectivity index (χ1) is 48.5. The van der Waals surface area contributed by atoms with Crippen molar-refractivity contribution in [2.24, 2.45) is 5.92 Å². The smallest absolute Gasteiger partial charge is 0.462 e. The van der Waals surface area contributed by atoms with E-state index in [1.807, 2.05) is 0 Å². The predicted octanol–water partition coefficient (Wildman–Crippen LogP) is 24.4. The summed E-state index contributed by atoms with van der Waals surface area (Å²) in [6.45, 7) is 7.29. The first kappa shape index (κ1) is 98.1. The number of aliphatic hydroxyl groups is 1. The highest BCUT2D eigenvalue weighted by molar-refractivity contribution is 7.47. The van der Waals surface area contributed by atoms with Gasteiger partial charge in [0.1, 0.15) is 19.3 Å². The topological polar surface area (TPSA) is 237 Å². The van der Waals surface area contributed by atoms with Crippen LogP contribution in [0.25, 0.3) is 0 Å². The summed E-state index contributed by atoms with van der Waals surface area (Å²) in [7, 11) is -9.92. The van der Waals surface area contributed by atoms with Gasteiger partial charge in [-0.15, -0.1) is 0 Å². The van der Waals surface area contributed by atoms with Crippen molar-refractivity contribution in [2.75, 3.05) is 39.6 Å². The molecule has 0 heterocycles. The van der Waals surface area contributed by atoms with E-state index in [-0.39, 0.29) is 25.7 Å². The minimum Gasteiger partial charge on any atom is -0.462 e. The second kappa shape index (κ2) is 73.9. The number of rotatable bonds is 81. The number of phosphoric ester groups is 2. The number of ether oxygens (including phenoxy) is 4. The number of aliphatic hydroxyl groups excluding tert-OH is 1. The van der Waals surface area contributed by atoms with Gasteiger partial charge in [-0.2, -0.15) is 0 Å². The van der Waals surface area contributed by atoms with Crippen LogP contribution in [0.2, 0.25) is 0 Å². The van der Waals surface area contributed by atoms with Gasteiger partial charge < -0.3 is 33.8 Å². The Hall–Kier alpha value is -1.94. The molecule has 0 aliphatic rings. The van der Waals surface area contributed by atoms with Gasteiger partial charge in [-0.3, -0.25) is 37.3 Å². The SMILES string of the molecule is CCCCCCCCCCCCCCCCCCCCCCCC(=O)O[C@H](COC(=O)CCCCCCCCCCCCCCCCCCC)COP(=O)(O)OC[C@@H](O)COP(=O)(O)OC[C@@H](COC(=O)CCCCCCCCCCCC)OC(=O)CCCCCCCCCCCC(C)C. The summed E-state index contributed by atoms with van der Waals surface area (Å²) in [5.41, 5.74) is 0. The van der Waals surface area contributed by atoms with Crippen molar-refractivity contribution in [3.8, 4) is 0 Å². The summed E-state index contributed by atoms with van der Waals surface area (Å²) in [4.78, 5) is 73.0. The third kappa shape index (κ3) is 74.3. The molecule has 2 unspecified atom stereocenters. The molecule has 0 rings (SSSR count). The van der Waals surface area contributed by atoms with E-state index in [1.165, 1.54) is 257 Å². The second-order valence-electron chi connectivity index (χ2n) is 29.6. The summed E-state index contributed by atoms with van der Waals surface area (Å²) < 4.78 is 68.7. The molecule has 0 radical (unpaired) electrons. The van der Waals surface area contributed by atoms with E-state index in [1.54, 1.807) is 0 Å². The number of hydrogen-bond donors (Lipinski definition) is 3. The monoisotopic (exact) mass is 1470 g/mol. The average Bonchev–Trinajstić information content (AvgIpc) is 0.924. The van der Waals surface area contributed by atoms with Gasteiger partial charge in [-0.1, -0.05) is 381 Å². The van der Waals surface area contributed by atoms with Crippen LogP contribution in [0.4, 0.5) is 0 Å². The molecule has 0 aromatic rings. The lowest BCUT2D eigenvalue weighted by Gasteiger charge is -2.21. The van der Waals surface area contributed by atoms with Crippen molar-refractivity contribution in [2.45, 2.75) is 451 Å². The van der Waals surface area contributed by atoms with Crippen LogP contribution < -0.4 is 0 Å². The lowest BCUT2D eigenvalue weighted by Crippen LogP contribution is -2.30. The van der Waals surface area contributed by atoms with E-state index < -0.39 is 97.5 Å². The predicted molar refractivity (Wildman–Crippen MR) is 409 cm³/mol. The van der Waals surface area contributed by atoms with Crippen molar-refractivity contribution >= 4 is 39.5 Å². The third-order valence-corrected chi connectivity index (χ3v) is 20.9. The molecule has 0 aromatic carbocycles. The molecule has 0 aromatic heterocycles. The number of esters is 4. The fourth-order valence-corrected chi connectivity index (χ4v) is 14.2. The van der Waals surface area contributed by atoms with E-state index in [4.69, 9.17) is 37.0 Å². The molecule has 0 bridgehead atoms. The van der Waals surface area contributed by atoms with Crippen molar-refractivity contribution in [3.05, 3.63) is 0 Å². The fourth-order valence-electron chi connectivity index (χ4n) is 12.6. The zero-order valence-electron chi connectivity index (χ0n) is 65.3. The molecule has 594 valence electrons. The summed E-state index contributed by atoms with van der Waals surface area (Å²) in [5.74, 6) is -1.37. The lowest BCUT2D eigenvalue weighted by molar-refractivity contribution is -0.161. The Bertz CT molecular complexity index is 1910. The molecule has 0 aliphatic heterocycles. The van der Waals surface area contributed by atoms with Gasteiger partial charge in [0.15, 0.2) is 12.2 Å². The Morgan fingerprint density at radius 3 is 0.680 bits per heavy atom. The first-order valence-corrected chi connectivity index (χ1v) is 45.1. The molecular formula is C81H158O17P2. The van der Waals surface area contributed by atoms with Gasteiger partial charge in [0, 0.05) is 25.7 Å². The zero-order valence-corrected chi connectivity index (χ0v) is 67.1. The van der Waals surface area contributed by atoms with Crippen LogP contribution in [0.3, 0.4) is 0 Å². The second-order valence-corrected chi connectivity index (χ2v) is 32.5. The highest BCUT2D eigenvalue weighted by Gasteiger charge is 2.30.